The third kappa shape index (κ3) is 1.93. The molecule has 1 aromatic rings. The van der Waals surface area contributed by atoms with Crippen molar-refractivity contribution in [2.45, 2.75) is 12.5 Å². The molecule has 1 fully saturated rings. The number of carboxylic acids is 1. The first kappa shape index (κ1) is 11.7. The minimum atomic E-state index is -3.20. The summed E-state index contributed by atoms with van der Waals surface area (Å²) < 4.78 is 23.5. The maximum absolute atomic E-state index is 11.5. The molecule has 1 aromatic heterocycles. The Morgan fingerprint density at radius 1 is 1.53 bits per heavy atom. The monoisotopic (exact) mass is 261 g/mol. The van der Waals surface area contributed by atoms with Crippen LogP contribution in [-0.2, 0) is 9.84 Å². The average molecular weight is 261 g/mol. The van der Waals surface area contributed by atoms with Crippen molar-refractivity contribution in [3.8, 4) is 0 Å². The van der Waals surface area contributed by atoms with Gasteiger partial charge >= 0.3 is 11.7 Å². The predicted molar refractivity (Wildman–Crippen MR) is 58.7 cm³/mol. The Morgan fingerprint density at radius 2 is 2.18 bits per heavy atom. The summed E-state index contributed by atoms with van der Waals surface area (Å²) in [6, 6.07) is -0.660. The number of carbonyl (C=O) groups is 1. The highest BCUT2D eigenvalue weighted by atomic mass is 32.2. The topological polar surface area (TPSA) is 135 Å². The van der Waals surface area contributed by atoms with Crippen molar-refractivity contribution < 1.29 is 18.3 Å². The Labute approximate surface area is 96.0 Å². The molecule has 9 heteroatoms. The quantitative estimate of drug-likeness (QED) is 0.613. The summed E-state index contributed by atoms with van der Waals surface area (Å²) in [4.78, 5) is 24.7. The maximum atomic E-state index is 11.5. The van der Waals surface area contributed by atoms with E-state index in [-0.39, 0.29) is 29.4 Å². The Kier molecular flexibility index (Phi) is 2.49. The van der Waals surface area contributed by atoms with E-state index in [1.54, 1.807) is 0 Å². The number of aromatic amines is 1. The first-order chi connectivity index (χ1) is 7.82. The lowest BCUT2D eigenvalue weighted by atomic mass is 10.2. The Morgan fingerprint density at radius 3 is 2.65 bits per heavy atom. The van der Waals surface area contributed by atoms with E-state index in [0.29, 0.717) is 0 Å². The van der Waals surface area contributed by atoms with Crippen LogP contribution in [0.5, 0.6) is 0 Å². The minimum absolute atomic E-state index is 0.0474. The second-order valence-corrected chi connectivity index (χ2v) is 6.15. The number of anilines is 1. The van der Waals surface area contributed by atoms with Crippen molar-refractivity contribution in [2.24, 2.45) is 0 Å². The van der Waals surface area contributed by atoms with Gasteiger partial charge in [0.1, 0.15) is 5.82 Å². The summed E-state index contributed by atoms with van der Waals surface area (Å²) in [7, 11) is -3.20. The van der Waals surface area contributed by atoms with Gasteiger partial charge in [0.15, 0.2) is 15.5 Å². The van der Waals surface area contributed by atoms with Crippen molar-refractivity contribution in [2.75, 3.05) is 17.2 Å². The van der Waals surface area contributed by atoms with Gasteiger partial charge in [0, 0.05) is 0 Å². The van der Waals surface area contributed by atoms with Crippen molar-refractivity contribution in [1.82, 2.24) is 9.55 Å². The third-order valence-electron chi connectivity index (χ3n) is 2.73. The second-order valence-electron chi connectivity index (χ2n) is 3.92. The third-order valence-corrected chi connectivity index (χ3v) is 4.48. The average Bonchev–Trinajstić information content (AvgIpc) is 2.66. The number of aromatic nitrogens is 2. The van der Waals surface area contributed by atoms with Gasteiger partial charge in [-0.2, -0.15) is 0 Å². The summed E-state index contributed by atoms with van der Waals surface area (Å²) >= 11 is 0. The normalized spacial score (nSPS) is 22.7. The van der Waals surface area contributed by atoms with Crippen LogP contribution in [0.4, 0.5) is 5.82 Å². The van der Waals surface area contributed by atoms with Crippen LogP contribution in [0.2, 0.25) is 0 Å². The number of hydrogen-bond donors (Lipinski definition) is 3. The molecule has 17 heavy (non-hydrogen) atoms. The molecule has 2 rings (SSSR count). The number of hydrogen-bond acceptors (Lipinski definition) is 5. The van der Waals surface area contributed by atoms with Gasteiger partial charge in [-0.15, -0.1) is 0 Å². The molecule has 1 atom stereocenters. The number of nitrogen functional groups attached to an aromatic ring is 1. The van der Waals surface area contributed by atoms with Crippen LogP contribution in [-0.4, -0.2) is 40.6 Å². The van der Waals surface area contributed by atoms with Gasteiger partial charge in [-0.3, -0.25) is 9.55 Å². The van der Waals surface area contributed by atoms with Gasteiger partial charge in [-0.25, -0.2) is 18.0 Å². The standard InChI is InChI=1S/C8H11N3O5S/c9-6-5(7(12)13)11(8(14)10-6)4-1-2-17(15,16)3-4/h4H,1-3,9H2,(H,10,14)(H,12,13). The number of imidazole rings is 1. The maximum Gasteiger partial charge on any atom is 0.356 e. The van der Waals surface area contributed by atoms with Crippen LogP contribution in [0.15, 0.2) is 4.79 Å². The molecule has 0 aliphatic carbocycles. The zero-order chi connectivity index (χ0) is 12.8. The molecule has 0 amide bonds. The Hall–Kier alpha value is -1.77. The van der Waals surface area contributed by atoms with E-state index >= 15 is 0 Å². The van der Waals surface area contributed by atoms with E-state index in [1.165, 1.54) is 0 Å². The van der Waals surface area contributed by atoms with Crippen LogP contribution in [0.25, 0.3) is 0 Å². The zero-order valence-electron chi connectivity index (χ0n) is 8.71. The highest BCUT2D eigenvalue weighted by molar-refractivity contribution is 7.91. The number of nitrogens with one attached hydrogen (secondary N) is 1. The number of aromatic carboxylic acids is 1. The molecule has 0 saturated carbocycles. The molecule has 8 nitrogen and oxygen atoms in total. The Bertz CT molecular complexity index is 626. The lowest BCUT2D eigenvalue weighted by Crippen LogP contribution is -2.26. The molecule has 1 unspecified atom stereocenters. The van der Waals surface area contributed by atoms with E-state index in [4.69, 9.17) is 10.8 Å². The van der Waals surface area contributed by atoms with Crippen LogP contribution in [0.3, 0.4) is 0 Å². The highest BCUT2D eigenvalue weighted by Gasteiger charge is 2.33. The molecule has 1 aliphatic rings. The highest BCUT2D eigenvalue weighted by Crippen LogP contribution is 2.24. The molecule has 94 valence electrons. The fraction of sp³-hybridized carbons (Fsp3) is 0.500. The summed E-state index contributed by atoms with van der Waals surface area (Å²) in [5.41, 5.74) is 4.30. The van der Waals surface area contributed by atoms with Gasteiger partial charge in [-0.1, -0.05) is 0 Å². The molecule has 0 aromatic carbocycles. The van der Waals surface area contributed by atoms with Crippen molar-refractivity contribution in [3.63, 3.8) is 0 Å². The summed E-state index contributed by atoms with van der Waals surface area (Å²) in [6.45, 7) is 0. The predicted octanol–water partition coefficient (Wildman–Crippen LogP) is -1.18. The lowest BCUT2D eigenvalue weighted by molar-refractivity contribution is 0.0684. The van der Waals surface area contributed by atoms with E-state index in [9.17, 15) is 18.0 Å². The minimum Gasteiger partial charge on any atom is -0.476 e. The molecular weight excluding hydrogens is 250 g/mol. The molecular formula is C8H11N3O5S. The molecule has 1 saturated heterocycles. The van der Waals surface area contributed by atoms with Crippen molar-refractivity contribution >= 4 is 21.6 Å². The van der Waals surface area contributed by atoms with Crippen molar-refractivity contribution in [1.29, 1.82) is 0 Å². The van der Waals surface area contributed by atoms with E-state index in [0.717, 1.165) is 4.57 Å². The van der Waals surface area contributed by atoms with Crippen LogP contribution in [0, 0.1) is 0 Å². The summed E-state index contributed by atoms with van der Waals surface area (Å²) in [6.07, 6.45) is 0.222. The first-order valence-electron chi connectivity index (χ1n) is 4.85. The van der Waals surface area contributed by atoms with E-state index in [1.807, 2.05) is 0 Å². The van der Waals surface area contributed by atoms with Gasteiger partial charge in [0.2, 0.25) is 0 Å². The number of H-pyrrole nitrogens is 1. The molecule has 0 bridgehead atoms. The number of rotatable bonds is 2. The van der Waals surface area contributed by atoms with Crippen LogP contribution in [0.1, 0.15) is 23.0 Å². The van der Waals surface area contributed by atoms with Gasteiger partial charge < -0.3 is 10.8 Å². The summed E-state index contributed by atoms with van der Waals surface area (Å²) in [5, 5.41) is 8.94. The summed E-state index contributed by atoms with van der Waals surface area (Å²) in [5.74, 6) is -1.89. The fourth-order valence-corrected chi connectivity index (χ4v) is 3.71. The molecule has 0 spiro atoms. The van der Waals surface area contributed by atoms with Crippen LogP contribution < -0.4 is 11.4 Å². The number of nitrogens with zero attached hydrogens (tertiary/aromatic N) is 1. The number of nitrogens with two attached hydrogens (primary N) is 1. The van der Waals surface area contributed by atoms with Gasteiger partial charge in [0.25, 0.3) is 0 Å². The van der Waals surface area contributed by atoms with Gasteiger partial charge in [0.05, 0.1) is 17.5 Å². The molecule has 2 heterocycles. The second kappa shape index (κ2) is 3.62. The number of carboxylic acid groups (broad SMARTS) is 1. The molecule has 4 N–H and O–H groups in total. The first-order valence-corrected chi connectivity index (χ1v) is 6.67. The van der Waals surface area contributed by atoms with E-state index < -0.39 is 27.5 Å². The van der Waals surface area contributed by atoms with Gasteiger partial charge in [-0.05, 0) is 6.42 Å². The Balaban J connectivity index is 2.53. The number of sulfone groups is 1. The largest absolute Gasteiger partial charge is 0.476 e. The zero-order valence-corrected chi connectivity index (χ0v) is 9.53. The van der Waals surface area contributed by atoms with Crippen molar-refractivity contribution in [3.05, 3.63) is 16.2 Å². The molecule has 1 aliphatic heterocycles. The van der Waals surface area contributed by atoms with E-state index in [2.05, 4.69) is 4.98 Å². The SMILES string of the molecule is Nc1[nH]c(=O)n(C2CCS(=O)(=O)C2)c1C(=O)O. The molecule has 0 radical (unpaired) electrons. The smallest absolute Gasteiger partial charge is 0.356 e. The lowest BCUT2D eigenvalue weighted by Gasteiger charge is -2.10. The fourth-order valence-electron chi connectivity index (χ4n) is 2.01. The van der Waals surface area contributed by atoms with Crippen LogP contribution >= 0.6 is 0 Å².